The Hall–Kier alpha value is -2.59. The molecule has 24 heavy (non-hydrogen) atoms. The van der Waals surface area contributed by atoms with E-state index in [-0.39, 0.29) is 0 Å². The zero-order valence-electron chi connectivity index (χ0n) is 13.9. The smallest absolute Gasteiger partial charge is 0.157 e. The highest BCUT2D eigenvalue weighted by molar-refractivity contribution is 6.30. The van der Waals surface area contributed by atoms with E-state index in [1.54, 1.807) is 11.0 Å². The van der Waals surface area contributed by atoms with Crippen molar-refractivity contribution in [1.29, 1.82) is 0 Å². The van der Waals surface area contributed by atoms with Crippen molar-refractivity contribution < 1.29 is 0 Å². The average molecular weight is 339 g/mol. The van der Waals surface area contributed by atoms with E-state index < -0.39 is 0 Å². The van der Waals surface area contributed by atoms with E-state index in [9.17, 15) is 0 Å². The van der Waals surface area contributed by atoms with E-state index in [0.717, 1.165) is 22.8 Å². The van der Waals surface area contributed by atoms with Crippen LogP contribution in [0, 0.1) is 6.92 Å². The molecule has 0 aliphatic rings. The third kappa shape index (κ3) is 3.66. The summed E-state index contributed by atoms with van der Waals surface area (Å²) in [6.45, 7) is 2.07. The number of benzene rings is 2. The molecule has 0 N–H and O–H groups in total. The summed E-state index contributed by atoms with van der Waals surface area (Å²) in [5, 5.41) is 5.39. The van der Waals surface area contributed by atoms with Gasteiger partial charge in [-0.25, -0.2) is 9.67 Å². The lowest BCUT2D eigenvalue weighted by Crippen LogP contribution is -2.07. The highest BCUT2D eigenvalue weighted by atomic mass is 35.5. The van der Waals surface area contributed by atoms with Gasteiger partial charge >= 0.3 is 0 Å². The second-order valence-electron chi connectivity index (χ2n) is 5.85. The van der Waals surface area contributed by atoms with E-state index in [2.05, 4.69) is 36.2 Å². The predicted octanol–water partition coefficient (Wildman–Crippen LogP) is 4.72. The molecule has 1 aromatic heterocycles. The molecular formula is C19H19ClN4. The zero-order chi connectivity index (χ0) is 17.1. The van der Waals surface area contributed by atoms with Gasteiger partial charge in [0.1, 0.15) is 0 Å². The Balaban J connectivity index is 2.10. The Morgan fingerprint density at radius 1 is 1.08 bits per heavy atom. The Bertz CT molecular complexity index is 863. The van der Waals surface area contributed by atoms with Gasteiger partial charge in [0.05, 0.1) is 17.7 Å². The minimum Gasteiger partial charge on any atom is -0.369 e. The summed E-state index contributed by atoms with van der Waals surface area (Å²) in [5.41, 5.74) is 4.04. The first-order valence-corrected chi connectivity index (χ1v) is 8.04. The Morgan fingerprint density at radius 2 is 1.83 bits per heavy atom. The van der Waals surface area contributed by atoms with Gasteiger partial charge < -0.3 is 4.90 Å². The van der Waals surface area contributed by atoms with Gasteiger partial charge in [0.25, 0.3) is 0 Å². The van der Waals surface area contributed by atoms with Crippen LogP contribution >= 0.6 is 11.6 Å². The van der Waals surface area contributed by atoms with Gasteiger partial charge in [0.15, 0.2) is 5.82 Å². The number of halogens is 1. The zero-order valence-corrected chi connectivity index (χ0v) is 14.7. The highest BCUT2D eigenvalue weighted by Gasteiger charge is 2.11. The molecule has 0 saturated carbocycles. The molecule has 2 aromatic carbocycles. The summed E-state index contributed by atoms with van der Waals surface area (Å²) in [6.07, 6.45) is 1.76. The van der Waals surface area contributed by atoms with Gasteiger partial charge in [-0.05, 0) is 25.1 Å². The van der Waals surface area contributed by atoms with E-state index >= 15 is 0 Å². The molecule has 0 spiro atoms. The molecule has 0 bridgehead atoms. The fourth-order valence-corrected chi connectivity index (χ4v) is 2.49. The van der Waals surface area contributed by atoms with Crippen molar-refractivity contribution >= 4 is 23.8 Å². The molecule has 0 saturated heterocycles. The number of aromatic nitrogens is 2. The number of hydrogen-bond acceptors (Lipinski definition) is 2. The van der Waals surface area contributed by atoms with Gasteiger partial charge in [-0.3, -0.25) is 0 Å². The minimum atomic E-state index is 0.669. The normalized spacial score (nSPS) is 11.2. The fraction of sp³-hybridized carbons (Fsp3) is 0.158. The molecule has 0 atom stereocenters. The second-order valence-corrected chi connectivity index (χ2v) is 6.29. The fourth-order valence-electron chi connectivity index (χ4n) is 2.30. The summed E-state index contributed by atoms with van der Waals surface area (Å²) in [4.78, 5) is 6.42. The van der Waals surface area contributed by atoms with Crippen LogP contribution in [0.15, 0.2) is 59.6 Å². The molecule has 1 heterocycles. The Morgan fingerprint density at radius 3 is 2.50 bits per heavy atom. The molecular weight excluding hydrogens is 320 g/mol. The maximum absolute atomic E-state index is 6.13. The first-order valence-electron chi connectivity index (χ1n) is 7.66. The third-order valence-electron chi connectivity index (χ3n) is 3.51. The van der Waals surface area contributed by atoms with Crippen LogP contribution in [0.4, 0.5) is 5.82 Å². The van der Waals surface area contributed by atoms with Crippen LogP contribution in [0.1, 0.15) is 5.56 Å². The van der Waals surface area contributed by atoms with Gasteiger partial charge in [-0.2, -0.15) is 5.10 Å². The maximum Gasteiger partial charge on any atom is 0.157 e. The molecule has 5 heteroatoms. The molecule has 0 unspecified atom stereocenters. The van der Waals surface area contributed by atoms with Crippen molar-refractivity contribution in [3.63, 3.8) is 0 Å². The molecule has 0 radical (unpaired) electrons. The Labute approximate surface area is 147 Å². The minimum absolute atomic E-state index is 0.669. The summed E-state index contributed by atoms with van der Waals surface area (Å²) in [6, 6.07) is 17.9. The summed E-state index contributed by atoms with van der Waals surface area (Å²) in [7, 11) is 3.87. The summed E-state index contributed by atoms with van der Waals surface area (Å²) in [5.74, 6) is 0.751. The molecule has 0 aliphatic carbocycles. The molecule has 0 aliphatic heterocycles. The number of hydrogen-bond donors (Lipinski definition) is 0. The van der Waals surface area contributed by atoms with Crippen molar-refractivity contribution in [3.05, 3.63) is 65.2 Å². The largest absolute Gasteiger partial charge is 0.369 e. The van der Waals surface area contributed by atoms with Gasteiger partial charge in [-0.15, -0.1) is 0 Å². The van der Waals surface area contributed by atoms with Crippen LogP contribution in [0.5, 0.6) is 0 Å². The number of aryl methyl sites for hydroxylation is 1. The number of nitrogens with zero attached hydrogens (tertiary/aromatic N) is 4. The van der Waals surface area contributed by atoms with Crippen LogP contribution in [-0.2, 0) is 0 Å². The van der Waals surface area contributed by atoms with Gasteiger partial charge in [0, 0.05) is 30.7 Å². The first kappa shape index (κ1) is 16.3. The van der Waals surface area contributed by atoms with Crippen molar-refractivity contribution in [3.8, 4) is 16.9 Å². The van der Waals surface area contributed by atoms with Crippen LogP contribution < -0.4 is 0 Å². The number of aliphatic imine (C=N–C) groups is 1. The topological polar surface area (TPSA) is 33.4 Å². The van der Waals surface area contributed by atoms with Crippen LogP contribution in [0.25, 0.3) is 16.9 Å². The van der Waals surface area contributed by atoms with E-state index in [4.69, 9.17) is 16.7 Å². The number of rotatable bonds is 4. The summed E-state index contributed by atoms with van der Waals surface area (Å²) >= 11 is 6.13. The Kier molecular flexibility index (Phi) is 4.67. The van der Waals surface area contributed by atoms with Crippen molar-refractivity contribution in [1.82, 2.24) is 14.7 Å². The van der Waals surface area contributed by atoms with E-state index in [1.807, 2.05) is 49.3 Å². The quantitative estimate of drug-likeness (QED) is 0.509. The average Bonchev–Trinajstić information content (AvgIpc) is 2.98. The standard InChI is InChI=1S/C19H19ClN4/c1-14-7-9-15(10-8-14)18-12-19(21-13-23(2)3)24(22-18)17-6-4-5-16(20)11-17/h4-13H,1-3H3. The lowest BCUT2D eigenvalue weighted by Gasteiger charge is -2.06. The summed E-state index contributed by atoms with van der Waals surface area (Å²) < 4.78 is 1.81. The monoisotopic (exact) mass is 338 g/mol. The van der Waals surface area contributed by atoms with Crippen molar-refractivity contribution in [2.45, 2.75) is 6.92 Å². The van der Waals surface area contributed by atoms with E-state index in [0.29, 0.717) is 5.02 Å². The molecule has 122 valence electrons. The van der Waals surface area contributed by atoms with Crippen LogP contribution in [0.3, 0.4) is 0 Å². The lowest BCUT2D eigenvalue weighted by molar-refractivity contribution is 0.642. The van der Waals surface area contributed by atoms with Gasteiger partial charge in [-0.1, -0.05) is 47.5 Å². The maximum atomic E-state index is 6.13. The lowest BCUT2D eigenvalue weighted by atomic mass is 10.1. The highest BCUT2D eigenvalue weighted by Crippen LogP contribution is 2.27. The van der Waals surface area contributed by atoms with Crippen molar-refractivity contribution in [2.75, 3.05) is 14.1 Å². The second kappa shape index (κ2) is 6.89. The third-order valence-corrected chi connectivity index (χ3v) is 3.75. The molecule has 3 aromatic rings. The van der Waals surface area contributed by atoms with Gasteiger partial charge in [0.2, 0.25) is 0 Å². The molecule has 4 nitrogen and oxygen atoms in total. The first-order chi connectivity index (χ1) is 11.5. The van der Waals surface area contributed by atoms with Crippen molar-refractivity contribution in [2.24, 2.45) is 4.99 Å². The SMILES string of the molecule is Cc1ccc(-c2cc(N=CN(C)C)n(-c3cccc(Cl)c3)n2)cc1. The van der Waals surface area contributed by atoms with Crippen LogP contribution in [-0.4, -0.2) is 35.1 Å². The molecule has 3 rings (SSSR count). The van der Waals surface area contributed by atoms with Crippen LogP contribution in [0.2, 0.25) is 5.02 Å². The molecule has 0 amide bonds. The molecule has 0 fully saturated rings. The predicted molar refractivity (Wildman–Crippen MR) is 101 cm³/mol. The van der Waals surface area contributed by atoms with E-state index in [1.165, 1.54) is 5.56 Å².